The van der Waals surface area contributed by atoms with Crippen molar-refractivity contribution in [3.63, 3.8) is 0 Å². The Hall–Kier alpha value is -2.49. The first-order chi connectivity index (χ1) is 16.9. The normalized spacial score (nSPS) is 12.1. The Labute approximate surface area is 223 Å². The number of ether oxygens (including phenoxy) is 1. The van der Waals surface area contributed by atoms with E-state index in [0.29, 0.717) is 34.3 Å². The van der Waals surface area contributed by atoms with Crippen LogP contribution in [0.25, 0.3) is 0 Å². The number of carbonyl (C=O) groups excluding carboxylic acids is 2. The van der Waals surface area contributed by atoms with Crippen molar-refractivity contribution in [1.29, 1.82) is 0 Å². The van der Waals surface area contributed by atoms with E-state index >= 15 is 0 Å². The van der Waals surface area contributed by atoms with E-state index in [1.165, 1.54) is 12.0 Å². The first-order valence-electron chi connectivity index (χ1n) is 11.6. The SMILES string of the molecule is CCCNC(=O)C(CC)N(Cc1c(Cl)cccc1Cl)C(=O)CN(c1cc(C)ccc1OC)S(C)(=O)=O. The monoisotopic (exact) mass is 557 g/mol. The molecule has 2 amide bonds. The molecule has 0 heterocycles. The maximum absolute atomic E-state index is 13.8. The molecule has 0 radical (unpaired) electrons. The highest BCUT2D eigenvalue weighted by Gasteiger charge is 2.33. The van der Waals surface area contributed by atoms with Gasteiger partial charge in [0.25, 0.3) is 0 Å². The second-order valence-corrected chi connectivity index (χ2v) is 11.1. The van der Waals surface area contributed by atoms with E-state index in [9.17, 15) is 18.0 Å². The highest BCUT2D eigenvalue weighted by atomic mass is 35.5. The van der Waals surface area contributed by atoms with Crippen molar-refractivity contribution in [3.05, 3.63) is 57.6 Å². The van der Waals surface area contributed by atoms with Gasteiger partial charge < -0.3 is 15.0 Å². The number of rotatable bonds is 12. The number of amides is 2. The fourth-order valence-corrected chi connectivity index (χ4v) is 5.09. The van der Waals surface area contributed by atoms with Crippen LogP contribution >= 0.6 is 23.2 Å². The van der Waals surface area contributed by atoms with Gasteiger partial charge in [0, 0.05) is 28.7 Å². The van der Waals surface area contributed by atoms with Crippen LogP contribution < -0.4 is 14.4 Å². The van der Waals surface area contributed by atoms with Gasteiger partial charge in [-0.15, -0.1) is 0 Å². The summed E-state index contributed by atoms with van der Waals surface area (Å²) >= 11 is 12.7. The predicted octanol–water partition coefficient (Wildman–Crippen LogP) is 4.41. The van der Waals surface area contributed by atoms with Gasteiger partial charge in [-0.05, 0) is 49.6 Å². The van der Waals surface area contributed by atoms with Gasteiger partial charge in [-0.25, -0.2) is 8.42 Å². The number of sulfonamides is 1. The zero-order valence-corrected chi connectivity index (χ0v) is 23.5. The van der Waals surface area contributed by atoms with Crippen LogP contribution in [0.1, 0.15) is 37.8 Å². The number of halogens is 2. The Morgan fingerprint density at radius 1 is 1.11 bits per heavy atom. The molecule has 0 spiro atoms. The fourth-order valence-electron chi connectivity index (χ4n) is 3.73. The summed E-state index contributed by atoms with van der Waals surface area (Å²) in [5, 5.41) is 3.50. The molecule has 36 heavy (non-hydrogen) atoms. The molecular formula is C25H33Cl2N3O5S. The maximum Gasteiger partial charge on any atom is 0.244 e. The minimum Gasteiger partial charge on any atom is -0.495 e. The van der Waals surface area contributed by atoms with Crippen molar-refractivity contribution in [1.82, 2.24) is 10.2 Å². The number of hydrogen-bond donors (Lipinski definition) is 1. The number of hydrogen-bond acceptors (Lipinski definition) is 5. The average molecular weight is 559 g/mol. The third-order valence-corrected chi connectivity index (χ3v) is 7.44. The summed E-state index contributed by atoms with van der Waals surface area (Å²) in [6.45, 7) is 5.34. The molecule has 2 aromatic carbocycles. The van der Waals surface area contributed by atoms with Gasteiger partial charge in [0.1, 0.15) is 18.3 Å². The van der Waals surface area contributed by atoms with Gasteiger partial charge in [-0.3, -0.25) is 13.9 Å². The van der Waals surface area contributed by atoms with E-state index in [0.717, 1.165) is 22.5 Å². The quantitative estimate of drug-likeness (QED) is 0.417. The summed E-state index contributed by atoms with van der Waals surface area (Å²) in [6.07, 6.45) is 2.04. The standard InChI is InChI=1S/C25H33Cl2N3O5S/c1-6-13-28-25(32)21(7-2)29(15-18-19(26)9-8-10-20(18)27)24(31)16-30(36(5,33)34)22-14-17(3)11-12-23(22)35-4/h8-12,14,21H,6-7,13,15-16H2,1-5H3,(H,28,32). The molecule has 0 bridgehead atoms. The largest absolute Gasteiger partial charge is 0.495 e. The lowest BCUT2D eigenvalue weighted by molar-refractivity contribution is -0.140. The molecule has 0 saturated heterocycles. The molecule has 0 aliphatic carbocycles. The Bertz CT molecular complexity index is 1170. The van der Waals surface area contributed by atoms with Crippen molar-refractivity contribution in [2.45, 2.75) is 46.2 Å². The molecular weight excluding hydrogens is 525 g/mol. The molecule has 8 nitrogen and oxygen atoms in total. The van der Waals surface area contributed by atoms with Crippen LogP contribution in [-0.2, 0) is 26.2 Å². The van der Waals surface area contributed by atoms with Crippen LogP contribution in [0.5, 0.6) is 5.75 Å². The summed E-state index contributed by atoms with van der Waals surface area (Å²) < 4.78 is 32.0. The van der Waals surface area contributed by atoms with Gasteiger partial charge in [-0.2, -0.15) is 0 Å². The summed E-state index contributed by atoms with van der Waals surface area (Å²) in [5.41, 5.74) is 1.49. The zero-order chi connectivity index (χ0) is 27.0. The van der Waals surface area contributed by atoms with Crippen molar-refractivity contribution >= 4 is 50.7 Å². The number of aryl methyl sites for hydroxylation is 1. The molecule has 0 fully saturated rings. The van der Waals surface area contributed by atoms with Gasteiger partial charge in [-0.1, -0.05) is 49.2 Å². The zero-order valence-electron chi connectivity index (χ0n) is 21.2. The van der Waals surface area contributed by atoms with E-state index in [1.54, 1.807) is 43.3 Å². The van der Waals surface area contributed by atoms with Crippen LogP contribution in [0, 0.1) is 6.92 Å². The van der Waals surface area contributed by atoms with E-state index < -0.39 is 28.5 Å². The number of nitrogens with zero attached hydrogens (tertiary/aromatic N) is 2. The Morgan fingerprint density at radius 3 is 2.28 bits per heavy atom. The fraction of sp³-hybridized carbons (Fsp3) is 0.440. The van der Waals surface area contributed by atoms with E-state index in [4.69, 9.17) is 27.9 Å². The summed E-state index contributed by atoms with van der Waals surface area (Å²) in [5.74, 6) is -0.624. The lowest BCUT2D eigenvalue weighted by Crippen LogP contribution is -2.52. The number of nitrogens with one attached hydrogen (secondary N) is 1. The van der Waals surface area contributed by atoms with Crippen molar-refractivity contribution < 1.29 is 22.7 Å². The van der Waals surface area contributed by atoms with Crippen LogP contribution in [-0.4, -0.2) is 57.6 Å². The molecule has 2 rings (SSSR count). The van der Waals surface area contributed by atoms with Crippen LogP contribution in [0.4, 0.5) is 5.69 Å². The highest BCUT2D eigenvalue weighted by molar-refractivity contribution is 7.92. The lowest BCUT2D eigenvalue weighted by Gasteiger charge is -2.33. The van der Waals surface area contributed by atoms with Gasteiger partial charge in [0.05, 0.1) is 19.1 Å². The summed E-state index contributed by atoms with van der Waals surface area (Å²) in [6, 6.07) is 9.16. The number of anilines is 1. The first kappa shape index (κ1) is 29.7. The van der Waals surface area contributed by atoms with E-state index in [-0.39, 0.29) is 18.1 Å². The molecule has 0 aromatic heterocycles. The van der Waals surface area contributed by atoms with Gasteiger partial charge in [0.2, 0.25) is 21.8 Å². The van der Waals surface area contributed by atoms with Crippen molar-refractivity contribution in [2.24, 2.45) is 0 Å². The summed E-state index contributed by atoms with van der Waals surface area (Å²) in [7, 11) is -2.47. The van der Waals surface area contributed by atoms with Crippen LogP contribution in [0.3, 0.4) is 0 Å². The second-order valence-electron chi connectivity index (χ2n) is 8.38. The van der Waals surface area contributed by atoms with Crippen molar-refractivity contribution in [3.8, 4) is 5.75 Å². The Balaban J connectivity index is 2.55. The summed E-state index contributed by atoms with van der Waals surface area (Å²) in [4.78, 5) is 28.1. The van der Waals surface area contributed by atoms with Gasteiger partial charge in [0.15, 0.2) is 0 Å². The van der Waals surface area contributed by atoms with Gasteiger partial charge >= 0.3 is 0 Å². The molecule has 1 N–H and O–H groups in total. The third kappa shape index (κ3) is 7.51. The average Bonchev–Trinajstić information content (AvgIpc) is 2.81. The molecule has 0 saturated carbocycles. The third-order valence-electron chi connectivity index (χ3n) is 5.61. The number of carbonyl (C=O) groups is 2. The molecule has 0 aliphatic rings. The maximum atomic E-state index is 13.8. The Kier molecular flexibility index (Phi) is 10.9. The minimum absolute atomic E-state index is 0.0715. The smallest absolute Gasteiger partial charge is 0.244 e. The van der Waals surface area contributed by atoms with E-state index in [2.05, 4.69) is 5.32 Å². The molecule has 11 heteroatoms. The molecule has 0 aliphatic heterocycles. The van der Waals surface area contributed by atoms with Crippen molar-refractivity contribution in [2.75, 3.05) is 30.8 Å². The molecule has 198 valence electrons. The van der Waals surface area contributed by atoms with E-state index in [1.807, 2.05) is 13.8 Å². The number of benzene rings is 2. The molecule has 2 aromatic rings. The molecule has 1 atom stereocenters. The highest BCUT2D eigenvalue weighted by Crippen LogP contribution is 2.32. The lowest BCUT2D eigenvalue weighted by atomic mass is 10.1. The number of methoxy groups -OCH3 is 1. The minimum atomic E-state index is -3.90. The van der Waals surface area contributed by atoms with Crippen LogP contribution in [0.15, 0.2) is 36.4 Å². The molecule has 1 unspecified atom stereocenters. The van der Waals surface area contributed by atoms with Crippen LogP contribution in [0.2, 0.25) is 10.0 Å². The predicted molar refractivity (Wildman–Crippen MR) is 144 cm³/mol. The second kappa shape index (κ2) is 13.2. The Morgan fingerprint density at radius 2 is 1.75 bits per heavy atom. The first-order valence-corrected chi connectivity index (χ1v) is 14.2. The topological polar surface area (TPSA) is 96.0 Å².